The third kappa shape index (κ3) is 3.67. The van der Waals surface area contributed by atoms with Gasteiger partial charge < -0.3 is 15.8 Å². The Bertz CT molecular complexity index is 406. The summed E-state index contributed by atoms with van der Waals surface area (Å²) in [5.41, 5.74) is 6.50. The summed E-state index contributed by atoms with van der Waals surface area (Å²) in [6, 6.07) is 5.63. The second-order valence-corrected chi connectivity index (χ2v) is 3.72. The lowest BCUT2D eigenvalue weighted by Crippen LogP contribution is -2.42. The molecule has 1 amide bonds. The topological polar surface area (TPSA) is 81.4 Å². The maximum atomic E-state index is 11.8. The predicted molar refractivity (Wildman–Crippen MR) is 68.0 cm³/mol. The molecule has 1 atom stereocenters. The fourth-order valence-electron chi connectivity index (χ4n) is 1.20. The average Bonchev–Trinajstić information content (AvgIpc) is 2.35. The van der Waals surface area contributed by atoms with Crippen LogP contribution in [0.4, 0.5) is 5.69 Å². The molecule has 5 nitrogen and oxygen atoms in total. The van der Waals surface area contributed by atoms with Crippen molar-refractivity contribution < 1.29 is 14.3 Å². The molecule has 17 heavy (non-hydrogen) atoms. The number of hydrogen-bond acceptors (Lipinski definition) is 5. The summed E-state index contributed by atoms with van der Waals surface area (Å²) in [6.45, 7) is 0. The van der Waals surface area contributed by atoms with Crippen molar-refractivity contribution in [3.8, 4) is 0 Å². The zero-order chi connectivity index (χ0) is 12.8. The molecule has 0 aromatic heterocycles. The summed E-state index contributed by atoms with van der Waals surface area (Å²) in [6.07, 6.45) is 0. The SMILES string of the molecule is COC(=O)[C@H](CS)NC(=O)c1ccc(N)cc1. The molecular formula is C11H14N2O3S. The van der Waals surface area contributed by atoms with Gasteiger partial charge in [-0.3, -0.25) is 4.79 Å². The van der Waals surface area contributed by atoms with Crippen molar-refractivity contribution in [3.63, 3.8) is 0 Å². The van der Waals surface area contributed by atoms with Crippen molar-refractivity contribution in [2.45, 2.75) is 6.04 Å². The summed E-state index contributed by atoms with van der Waals surface area (Å²) >= 11 is 3.98. The summed E-state index contributed by atoms with van der Waals surface area (Å²) in [4.78, 5) is 23.0. The van der Waals surface area contributed by atoms with Crippen LogP contribution in [0.1, 0.15) is 10.4 Å². The van der Waals surface area contributed by atoms with E-state index in [-0.39, 0.29) is 11.7 Å². The van der Waals surface area contributed by atoms with Crippen LogP contribution in [0.2, 0.25) is 0 Å². The summed E-state index contributed by atoms with van der Waals surface area (Å²) in [5, 5.41) is 2.52. The number of hydrogen-bond donors (Lipinski definition) is 3. The van der Waals surface area contributed by atoms with Crippen molar-refractivity contribution in [1.82, 2.24) is 5.32 Å². The molecule has 0 bridgehead atoms. The third-order valence-electron chi connectivity index (χ3n) is 2.15. The maximum Gasteiger partial charge on any atom is 0.329 e. The van der Waals surface area contributed by atoms with Crippen LogP contribution in [-0.2, 0) is 9.53 Å². The number of nitrogen functional groups attached to an aromatic ring is 1. The van der Waals surface area contributed by atoms with Gasteiger partial charge in [-0.1, -0.05) is 0 Å². The molecule has 1 aromatic rings. The van der Waals surface area contributed by atoms with Crippen molar-refractivity contribution in [3.05, 3.63) is 29.8 Å². The molecule has 0 radical (unpaired) electrons. The van der Waals surface area contributed by atoms with Crippen molar-refractivity contribution in [2.75, 3.05) is 18.6 Å². The van der Waals surface area contributed by atoms with E-state index in [1.807, 2.05) is 0 Å². The van der Waals surface area contributed by atoms with Crippen LogP contribution in [0.15, 0.2) is 24.3 Å². The van der Waals surface area contributed by atoms with E-state index in [1.165, 1.54) is 7.11 Å². The van der Waals surface area contributed by atoms with Crippen molar-refractivity contribution in [1.29, 1.82) is 0 Å². The summed E-state index contributed by atoms with van der Waals surface area (Å²) < 4.78 is 4.54. The summed E-state index contributed by atoms with van der Waals surface area (Å²) in [5.74, 6) is -0.717. The standard InChI is InChI=1S/C11H14N2O3S/c1-16-11(15)9(6-17)13-10(14)7-2-4-8(12)5-3-7/h2-5,9,17H,6,12H2,1H3,(H,13,14)/t9-/m0/s1. The largest absolute Gasteiger partial charge is 0.467 e. The van der Waals surface area contributed by atoms with E-state index in [0.29, 0.717) is 11.3 Å². The van der Waals surface area contributed by atoms with Gasteiger partial charge >= 0.3 is 5.97 Å². The third-order valence-corrected chi connectivity index (χ3v) is 2.51. The molecule has 0 spiro atoms. The van der Waals surface area contributed by atoms with Crippen LogP contribution in [0.25, 0.3) is 0 Å². The van der Waals surface area contributed by atoms with Gasteiger partial charge in [0.1, 0.15) is 6.04 Å². The highest BCUT2D eigenvalue weighted by molar-refractivity contribution is 7.80. The molecule has 0 aliphatic heterocycles. The van der Waals surface area contributed by atoms with Crippen LogP contribution in [0, 0.1) is 0 Å². The number of amides is 1. The van der Waals surface area contributed by atoms with Crippen LogP contribution < -0.4 is 11.1 Å². The highest BCUT2D eigenvalue weighted by Gasteiger charge is 2.20. The number of nitrogens with two attached hydrogens (primary N) is 1. The Morgan fingerprint density at radius 1 is 1.41 bits per heavy atom. The van der Waals surface area contributed by atoms with Gasteiger partial charge in [0.25, 0.3) is 5.91 Å². The van der Waals surface area contributed by atoms with E-state index in [9.17, 15) is 9.59 Å². The Balaban J connectivity index is 2.71. The molecule has 3 N–H and O–H groups in total. The molecule has 0 aliphatic carbocycles. The van der Waals surface area contributed by atoms with E-state index in [0.717, 1.165) is 0 Å². The van der Waals surface area contributed by atoms with Gasteiger partial charge in [-0.2, -0.15) is 12.6 Å². The van der Waals surface area contributed by atoms with E-state index in [2.05, 4.69) is 22.7 Å². The molecule has 0 saturated heterocycles. The van der Waals surface area contributed by atoms with E-state index >= 15 is 0 Å². The van der Waals surface area contributed by atoms with Gasteiger partial charge in [0.2, 0.25) is 0 Å². The monoisotopic (exact) mass is 254 g/mol. The molecule has 0 saturated carbocycles. The number of benzene rings is 1. The number of anilines is 1. The zero-order valence-corrected chi connectivity index (χ0v) is 10.2. The quantitative estimate of drug-likeness (QED) is 0.414. The molecule has 0 unspecified atom stereocenters. The Hall–Kier alpha value is -1.69. The molecule has 1 rings (SSSR count). The first-order chi connectivity index (χ1) is 8.08. The highest BCUT2D eigenvalue weighted by Crippen LogP contribution is 2.06. The highest BCUT2D eigenvalue weighted by atomic mass is 32.1. The fourth-order valence-corrected chi connectivity index (χ4v) is 1.44. The second kappa shape index (κ2) is 6.15. The maximum absolute atomic E-state index is 11.8. The Morgan fingerprint density at radius 2 is 2.00 bits per heavy atom. The molecule has 6 heteroatoms. The number of rotatable bonds is 4. The second-order valence-electron chi connectivity index (χ2n) is 3.35. The lowest BCUT2D eigenvalue weighted by molar-refractivity contribution is -0.142. The van der Waals surface area contributed by atoms with Crippen LogP contribution in [-0.4, -0.2) is 30.8 Å². The average molecular weight is 254 g/mol. The molecule has 0 aliphatic rings. The van der Waals surface area contributed by atoms with E-state index in [1.54, 1.807) is 24.3 Å². The number of carbonyl (C=O) groups is 2. The Morgan fingerprint density at radius 3 is 2.47 bits per heavy atom. The van der Waals surface area contributed by atoms with Crippen LogP contribution in [0.3, 0.4) is 0 Å². The number of ether oxygens (including phenoxy) is 1. The minimum atomic E-state index is -0.756. The molecule has 0 heterocycles. The van der Waals surface area contributed by atoms with Gasteiger partial charge in [-0.15, -0.1) is 0 Å². The lowest BCUT2D eigenvalue weighted by Gasteiger charge is -2.13. The summed E-state index contributed by atoms with van der Waals surface area (Å²) in [7, 11) is 1.26. The van der Waals surface area contributed by atoms with Gasteiger partial charge in [-0.25, -0.2) is 4.79 Å². The van der Waals surface area contributed by atoms with Gasteiger partial charge in [-0.05, 0) is 24.3 Å². The van der Waals surface area contributed by atoms with E-state index in [4.69, 9.17) is 5.73 Å². The minimum Gasteiger partial charge on any atom is -0.467 e. The van der Waals surface area contributed by atoms with Gasteiger partial charge in [0.15, 0.2) is 0 Å². The van der Waals surface area contributed by atoms with Gasteiger partial charge in [0.05, 0.1) is 7.11 Å². The number of nitrogens with one attached hydrogen (secondary N) is 1. The number of carbonyl (C=O) groups excluding carboxylic acids is 2. The number of esters is 1. The zero-order valence-electron chi connectivity index (χ0n) is 9.34. The number of methoxy groups -OCH3 is 1. The predicted octanol–water partition coefficient (Wildman–Crippen LogP) is 0.470. The first-order valence-electron chi connectivity index (χ1n) is 4.93. The first-order valence-corrected chi connectivity index (χ1v) is 5.56. The normalized spacial score (nSPS) is 11.6. The molecule has 92 valence electrons. The van der Waals surface area contributed by atoms with Crippen LogP contribution in [0.5, 0.6) is 0 Å². The Labute approximate surface area is 105 Å². The van der Waals surface area contributed by atoms with Crippen LogP contribution >= 0.6 is 12.6 Å². The first kappa shape index (κ1) is 13.4. The molecular weight excluding hydrogens is 240 g/mol. The van der Waals surface area contributed by atoms with E-state index < -0.39 is 12.0 Å². The Kier molecular flexibility index (Phi) is 4.84. The molecule has 1 aromatic carbocycles. The lowest BCUT2D eigenvalue weighted by atomic mass is 10.2. The van der Waals surface area contributed by atoms with Gasteiger partial charge in [0, 0.05) is 17.0 Å². The fraction of sp³-hybridized carbons (Fsp3) is 0.273. The minimum absolute atomic E-state index is 0.174. The molecule has 0 fully saturated rings. The van der Waals surface area contributed by atoms with Crippen molar-refractivity contribution in [2.24, 2.45) is 0 Å². The smallest absolute Gasteiger partial charge is 0.329 e. The van der Waals surface area contributed by atoms with Crippen molar-refractivity contribution >= 4 is 30.2 Å². The number of thiol groups is 1.